The molecule has 1 N–H and O–H groups in total. The number of aromatic nitrogens is 2. The van der Waals surface area contributed by atoms with E-state index in [9.17, 15) is 4.79 Å². The van der Waals surface area contributed by atoms with E-state index >= 15 is 0 Å². The van der Waals surface area contributed by atoms with Crippen molar-refractivity contribution in [1.29, 1.82) is 0 Å². The summed E-state index contributed by atoms with van der Waals surface area (Å²) in [6, 6.07) is 7.47. The number of ether oxygens (including phenoxy) is 1. The van der Waals surface area contributed by atoms with Gasteiger partial charge in [-0.2, -0.15) is 0 Å². The SMILES string of the molecule is CCOc1cccc(-c2nc(C(=O)O)c(C)n2C)c1. The maximum absolute atomic E-state index is 11.1. The summed E-state index contributed by atoms with van der Waals surface area (Å²) >= 11 is 0. The highest BCUT2D eigenvalue weighted by Gasteiger charge is 2.17. The van der Waals surface area contributed by atoms with Crippen molar-refractivity contribution in [2.75, 3.05) is 6.61 Å². The molecule has 1 aromatic carbocycles. The molecule has 2 aromatic rings. The first-order valence-corrected chi connectivity index (χ1v) is 6.04. The van der Waals surface area contributed by atoms with E-state index in [1.165, 1.54) is 0 Å². The monoisotopic (exact) mass is 260 g/mol. The first kappa shape index (κ1) is 13.1. The quantitative estimate of drug-likeness (QED) is 0.917. The van der Waals surface area contributed by atoms with Crippen LogP contribution in [0.4, 0.5) is 0 Å². The van der Waals surface area contributed by atoms with Gasteiger partial charge in [-0.15, -0.1) is 0 Å². The van der Waals surface area contributed by atoms with Crippen LogP contribution in [0.3, 0.4) is 0 Å². The number of aromatic carboxylic acids is 1. The molecule has 0 aliphatic heterocycles. The maximum atomic E-state index is 11.1. The number of hydrogen-bond acceptors (Lipinski definition) is 3. The minimum Gasteiger partial charge on any atom is -0.494 e. The van der Waals surface area contributed by atoms with Crippen LogP contribution in [-0.4, -0.2) is 27.2 Å². The van der Waals surface area contributed by atoms with E-state index in [1.54, 1.807) is 18.5 Å². The van der Waals surface area contributed by atoms with Crippen LogP contribution in [0.25, 0.3) is 11.4 Å². The second-order valence-electron chi connectivity index (χ2n) is 4.19. The number of nitrogens with zero attached hydrogens (tertiary/aromatic N) is 2. The molecule has 0 spiro atoms. The number of rotatable bonds is 4. The molecule has 0 unspecified atom stereocenters. The normalized spacial score (nSPS) is 10.5. The number of hydrogen-bond donors (Lipinski definition) is 1. The highest BCUT2D eigenvalue weighted by atomic mass is 16.5. The van der Waals surface area contributed by atoms with E-state index in [0.717, 1.165) is 11.3 Å². The van der Waals surface area contributed by atoms with Gasteiger partial charge >= 0.3 is 5.97 Å². The van der Waals surface area contributed by atoms with Crippen LogP contribution < -0.4 is 4.74 Å². The molecule has 1 aromatic heterocycles. The highest BCUT2D eigenvalue weighted by molar-refractivity contribution is 5.87. The summed E-state index contributed by atoms with van der Waals surface area (Å²) in [4.78, 5) is 15.3. The van der Waals surface area contributed by atoms with Gasteiger partial charge < -0.3 is 14.4 Å². The van der Waals surface area contributed by atoms with Crippen LogP contribution in [-0.2, 0) is 7.05 Å². The van der Waals surface area contributed by atoms with Crippen molar-refractivity contribution in [2.24, 2.45) is 7.05 Å². The van der Waals surface area contributed by atoms with Crippen LogP contribution in [0.2, 0.25) is 0 Å². The molecule has 5 heteroatoms. The molecule has 0 fully saturated rings. The Labute approximate surface area is 111 Å². The zero-order valence-corrected chi connectivity index (χ0v) is 11.2. The molecule has 100 valence electrons. The van der Waals surface area contributed by atoms with Crippen LogP contribution in [0.5, 0.6) is 5.75 Å². The van der Waals surface area contributed by atoms with Gasteiger partial charge in [0.1, 0.15) is 11.6 Å². The molecule has 0 aliphatic carbocycles. The molecule has 0 aliphatic rings. The van der Waals surface area contributed by atoms with Gasteiger partial charge in [-0.25, -0.2) is 9.78 Å². The average molecular weight is 260 g/mol. The van der Waals surface area contributed by atoms with Crippen molar-refractivity contribution in [3.8, 4) is 17.1 Å². The lowest BCUT2D eigenvalue weighted by molar-refractivity contribution is 0.0690. The predicted octanol–water partition coefficient (Wildman–Crippen LogP) is 2.49. The fourth-order valence-electron chi connectivity index (χ4n) is 1.93. The van der Waals surface area contributed by atoms with Gasteiger partial charge in [0.05, 0.1) is 6.61 Å². The summed E-state index contributed by atoms with van der Waals surface area (Å²) < 4.78 is 7.21. The highest BCUT2D eigenvalue weighted by Crippen LogP contribution is 2.24. The first-order valence-electron chi connectivity index (χ1n) is 6.04. The second kappa shape index (κ2) is 5.14. The van der Waals surface area contributed by atoms with E-state index in [4.69, 9.17) is 9.84 Å². The summed E-state index contributed by atoms with van der Waals surface area (Å²) in [6.45, 7) is 4.25. The molecule has 0 saturated carbocycles. The second-order valence-corrected chi connectivity index (χ2v) is 4.19. The Morgan fingerprint density at radius 1 is 1.47 bits per heavy atom. The lowest BCUT2D eigenvalue weighted by Gasteiger charge is -2.06. The zero-order chi connectivity index (χ0) is 14.0. The molecule has 1 heterocycles. The Hall–Kier alpha value is -2.30. The Balaban J connectivity index is 2.50. The Morgan fingerprint density at radius 3 is 2.79 bits per heavy atom. The molecular weight excluding hydrogens is 244 g/mol. The van der Waals surface area contributed by atoms with Gasteiger partial charge in [-0.05, 0) is 26.0 Å². The lowest BCUT2D eigenvalue weighted by atomic mass is 10.2. The summed E-state index contributed by atoms with van der Waals surface area (Å²) in [6.07, 6.45) is 0. The molecule has 0 bridgehead atoms. The third kappa shape index (κ3) is 2.45. The van der Waals surface area contributed by atoms with E-state index in [1.807, 2.05) is 31.2 Å². The van der Waals surface area contributed by atoms with Gasteiger partial charge in [0, 0.05) is 18.3 Å². The minimum atomic E-state index is -1.01. The molecule has 19 heavy (non-hydrogen) atoms. The van der Waals surface area contributed by atoms with E-state index in [-0.39, 0.29) is 5.69 Å². The van der Waals surface area contributed by atoms with Gasteiger partial charge in [0.15, 0.2) is 5.69 Å². The largest absolute Gasteiger partial charge is 0.494 e. The smallest absolute Gasteiger partial charge is 0.356 e. The predicted molar refractivity (Wildman–Crippen MR) is 71.5 cm³/mol. The van der Waals surface area contributed by atoms with Crippen molar-refractivity contribution in [3.05, 3.63) is 35.7 Å². The van der Waals surface area contributed by atoms with Gasteiger partial charge in [0.2, 0.25) is 0 Å². The maximum Gasteiger partial charge on any atom is 0.356 e. The molecular formula is C14H16N2O3. The summed E-state index contributed by atoms with van der Waals surface area (Å²) in [5, 5.41) is 9.09. The Morgan fingerprint density at radius 2 is 2.21 bits per heavy atom. The standard InChI is InChI=1S/C14H16N2O3/c1-4-19-11-7-5-6-10(8-11)13-15-12(14(17)18)9(2)16(13)3/h5-8H,4H2,1-3H3,(H,17,18). The van der Waals surface area contributed by atoms with Crippen molar-refractivity contribution in [3.63, 3.8) is 0 Å². The molecule has 0 amide bonds. The average Bonchev–Trinajstić information content (AvgIpc) is 2.67. The van der Waals surface area contributed by atoms with Crippen LogP contribution in [0.15, 0.2) is 24.3 Å². The zero-order valence-electron chi connectivity index (χ0n) is 11.2. The van der Waals surface area contributed by atoms with Crippen molar-refractivity contribution < 1.29 is 14.6 Å². The topological polar surface area (TPSA) is 64.3 Å². The Bertz CT molecular complexity index is 617. The third-order valence-corrected chi connectivity index (χ3v) is 2.99. The summed E-state index contributed by atoms with van der Waals surface area (Å²) in [7, 11) is 1.80. The third-order valence-electron chi connectivity index (χ3n) is 2.99. The van der Waals surface area contributed by atoms with Crippen LogP contribution in [0.1, 0.15) is 23.1 Å². The summed E-state index contributed by atoms with van der Waals surface area (Å²) in [5.41, 5.74) is 1.55. The van der Waals surface area contributed by atoms with Crippen LogP contribution >= 0.6 is 0 Å². The number of benzene rings is 1. The molecule has 5 nitrogen and oxygen atoms in total. The van der Waals surface area contributed by atoms with Crippen LogP contribution in [0, 0.1) is 6.92 Å². The van der Waals surface area contributed by atoms with Crippen molar-refractivity contribution >= 4 is 5.97 Å². The fourth-order valence-corrected chi connectivity index (χ4v) is 1.93. The van der Waals surface area contributed by atoms with Crippen molar-refractivity contribution in [1.82, 2.24) is 9.55 Å². The first-order chi connectivity index (χ1) is 9.04. The molecule has 0 saturated heterocycles. The summed E-state index contributed by atoms with van der Waals surface area (Å²) in [5.74, 6) is 0.356. The van der Waals surface area contributed by atoms with E-state index in [2.05, 4.69) is 4.98 Å². The minimum absolute atomic E-state index is 0.0827. The lowest BCUT2D eigenvalue weighted by Crippen LogP contribution is -2.00. The number of carboxylic acids is 1. The van der Waals surface area contributed by atoms with Gasteiger partial charge in [-0.1, -0.05) is 12.1 Å². The number of carboxylic acid groups (broad SMARTS) is 1. The number of imidazole rings is 1. The van der Waals surface area contributed by atoms with Crippen molar-refractivity contribution in [2.45, 2.75) is 13.8 Å². The van der Waals surface area contributed by atoms with E-state index < -0.39 is 5.97 Å². The molecule has 2 rings (SSSR count). The Kier molecular flexibility index (Phi) is 3.55. The number of carbonyl (C=O) groups is 1. The molecule has 0 radical (unpaired) electrons. The van der Waals surface area contributed by atoms with Gasteiger partial charge in [0.25, 0.3) is 0 Å². The fraction of sp³-hybridized carbons (Fsp3) is 0.286. The van der Waals surface area contributed by atoms with Gasteiger partial charge in [-0.3, -0.25) is 0 Å². The van der Waals surface area contributed by atoms with E-state index in [0.29, 0.717) is 18.1 Å². The molecule has 0 atom stereocenters.